The minimum Gasteiger partial charge on any atom is -0.374 e. The van der Waals surface area contributed by atoms with E-state index in [9.17, 15) is 0 Å². The molecule has 0 fully saturated rings. The van der Waals surface area contributed by atoms with E-state index in [1.54, 1.807) is 0 Å². The van der Waals surface area contributed by atoms with E-state index >= 15 is 0 Å². The van der Waals surface area contributed by atoms with Gasteiger partial charge in [-0.15, -0.1) is 0 Å². The highest BCUT2D eigenvalue weighted by Gasteiger charge is 1.98. The molecule has 0 aliphatic rings. The summed E-state index contributed by atoms with van der Waals surface area (Å²) in [6.45, 7) is 5.43. The van der Waals surface area contributed by atoms with Crippen LogP contribution in [0.3, 0.4) is 0 Å². The normalized spacial score (nSPS) is 10.9. The Morgan fingerprint density at radius 3 is 2.89 bits per heavy atom. The van der Waals surface area contributed by atoms with Crippen molar-refractivity contribution in [1.29, 1.82) is 0 Å². The van der Waals surface area contributed by atoms with Gasteiger partial charge < -0.3 is 10.1 Å². The average Bonchev–Trinajstić information content (AvgIpc) is 2.42. The number of aromatic nitrogens is 1. The molecule has 3 nitrogen and oxygen atoms in total. The predicted octanol–water partition coefficient (Wildman–Crippen LogP) is 2.75. The van der Waals surface area contributed by atoms with E-state index in [1.807, 2.05) is 24.3 Å². The molecule has 0 saturated heterocycles. The molecular formula is C15H20N2O. The Morgan fingerprint density at radius 2 is 2.00 bits per heavy atom. The van der Waals surface area contributed by atoms with Crippen LogP contribution in [0, 0.1) is 0 Å². The Kier molecular flexibility index (Phi) is 5.12. The lowest BCUT2D eigenvalue weighted by molar-refractivity contribution is 0.120. The zero-order valence-corrected chi connectivity index (χ0v) is 10.9. The molecule has 0 saturated carbocycles. The Balaban J connectivity index is 1.81. The van der Waals surface area contributed by atoms with Gasteiger partial charge in [0.05, 0.1) is 24.4 Å². The molecule has 1 aromatic heterocycles. The molecule has 0 amide bonds. The quantitative estimate of drug-likeness (QED) is 0.760. The SMILES string of the molecule is CCCNCCOCc1ccc2ccccc2n1. The largest absolute Gasteiger partial charge is 0.374 e. The minimum atomic E-state index is 0.582. The van der Waals surface area contributed by atoms with Crippen LogP contribution in [0.25, 0.3) is 10.9 Å². The zero-order valence-electron chi connectivity index (χ0n) is 10.9. The fourth-order valence-electron chi connectivity index (χ4n) is 1.81. The van der Waals surface area contributed by atoms with E-state index < -0.39 is 0 Å². The van der Waals surface area contributed by atoms with Gasteiger partial charge in [-0.05, 0) is 25.1 Å². The summed E-state index contributed by atoms with van der Waals surface area (Å²) in [5.74, 6) is 0. The number of fused-ring (bicyclic) bond motifs is 1. The molecule has 18 heavy (non-hydrogen) atoms. The Bertz CT molecular complexity index is 485. The molecule has 3 heteroatoms. The standard InChI is InChI=1S/C15H20N2O/c1-2-9-16-10-11-18-12-14-8-7-13-5-3-4-6-15(13)17-14/h3-8,16H,2,9-12H2,1H3. The van der Waals surface area contributed by atoms with Crippen LogP contribution in [0.5, 0.6) is 0 Å². The monoisotopic (exact) mass is 244 g/mol. The lowest BCUT2D eigenvalue weighted by Crippen LogP contribution is -2.20. The molecule has 0 unspecified atom stereocenters. The molecule has 96 valence electrons. The van der Waals surface area contributed by atoms with Crippen LogP contribution in [0.4, 0.5) is 0 Å². The summed E-state index contributed by atoms with van der Waals surface area (Å²) in [7, 11) is 0. The number of nitrogens with zero attached hydrogens (tertiary/aromatic N) is 1. The van der Waals surface area contributed by atoms with Crippen LogP contribution in [0.2, 0.25) is 0 Å². The third-order valence-electron chi connectivity index (χ3n) is 2.76. The van der Waals surface area contributed by atoms with Crippen molar-refractivity contribution in [2.75, 3.05) is 19.7 Å². The Hall–Kier alpha value is -1.45. The number of rotatable bonds is 7. The van der Waals surface area contributed by atoms with Crippen LogP contribution in [0.1, 0.15) is 19.0 Å². The lowest BCUT2D eigenvalue weighted by Gasteiger charge is -2.06. The van der Waals surface area contributed by atoms with Crippen molar-refractivity contribution in [1.82, 2.24) is 10.3 Å². The summed E-state index contributed by atoms with van der Waals surface area (Å²) in [6, 6.07) is 12.3. The van der Waals surface area contributed by atoms with Gasteiger partial charge in [0, 0.05) is 11.9 Å². The van der Waals surface area contributed by atoms with E-state index in [2.05, 4.69) is 29.4 Å². The van der Waals surface area contributed by atoms with Gasteiger partial charge in [-0.2, -0.15) is 0 Å². The van der Waals surface area contributed by atoms with Crippen molar-refractivity contribution in [3.8, 4) is 0 Å². The minimum absolute atomic E-state index is 0.582. The van der Waals surface area contributed by atoms with Gasteiger partial charge >= 0.3 is 0 Å². The first kappa shape index (κ1) is 13.0. The van der Waals surface area contributed by atoms with Gasteiger partial charge in [0.15, 0.2) is 0 Å². The van der Waals surface area contributed by atoms with Gasteiger partial charge in [-0.3, -0.25) is 4.98 Å². The second kappa shape index (κ2) is 7.09. The molecule has 0 atom stereocenters. The van der Waals surface area contributed by atoms with Gasteiger partial charge in [0.1, 0.15) is 0 Å². The van der Waals surface area contributed by atoms with Crippen molar-refractivity contribution in [2.24, 2.45) is 0 Å². The maximum Gasteiger partial charge on any atom is 0.0888 e. The summed E-state index contributed by atoms with van der Waals surface area (Å²) in [5, 5.41) is 4.48. The summed E-state index contributed by atoms with van der Waals surface area (Å²) in [4.78, 5) is 4.56. The van der Waals surface area contributed by atoms with Crippen molar-refractivity contribution >= 4 is 10.9 Å². The van der Waals surface area contributed by atoms with Crippen molar-refractivity contribution in [3.63, 3.8) is 0 Å². The van der Waals surface area contributed by atoms with E-state index in [0.29, 0.717) is 6.61 Å². The second-order valence-electron chi connectivity index (χ2n) is 4.30. The summed E-state index contributed by atoms with van der Waals surface area (Å²) in [5.41, 5.74) is 2.02. The molecule has 1 N–H and O–H groups in total. The number of para-hydroxylation sites is 1. The van der Waals surface area contributed by atoms with Crippen LogP contribution < -0.4 is 5.32 Å². The van der Waals surface area contributed by atoms with Gasteiger partial charge in [-0.25, -0.2) is 0 Å². The zero-order chi connectivity index (χ0) is 12.6. The van der Waals surface area contributed by atoms with E-state index in [-0.39, 0.29) is 0 Å². The third kappa shape index (κ3) is 3.79. The van der Waals surface area contributed by atoms with Gasteiger partial charge in [0.2, 0.25) is 0 Å². The van der Waals surface area contributed by atoms with Gasteiger partial charge in [-0.1, -0.05) is 31.2 Å². The number of hydrogen-bond donors (Lipinski definition) is 1. The first-order chi connectivity index (χ1) is 8.90. The molecule has 0 bridgehead atoms. The maximum absolute atomic E-state index is 5.59. The summed E-state index contributed by atoms with van der Waals surface area (Å²) >= 11 is 0. The molecular weight excluding hydrogens is 224 g/mol. The van der Waals surface area contributed by atoms with E-state index in [1.165, 1.54) is 5.39 Å². The second-order valence-corrected chi connectivity index (χ2v) is 4.30. The number of hydrogen-bond acceptors (Lipinski definition) is 3. The highest BCUT2D eigenvalue weighted by atomic mass is 16.5. The highest BCUT2D eigenvalue weighted by molar-refractivity contribution is 5.78. The number of pyridine rings is 1. The first-order valence-electron chi connectivity index (χ1n) is 6.53. The van der Waals surface area contributed by atoms with E-state index in [4.69, 9.17) is 4.74 Å². The van der Waals surface area contributed by atoms with Crippen molar-refractivity contribution in [3.05, 3.63) is 42.1 Å². The van der Waals surface area contributed by atoms with E-state index in [0.717, 1.165) is 37.3 Å². The predicted molar refractivity (Wildman–Crippen MR) is 74.6 cm³/mol. The summed E-state index contributed by atoms with van der Waals surface area (Å²) < 4.78 is 5.59. The molecule has 0 aliphatic heterocycles. The lowest BCUT2D eigenvalue weighted by atomic mass is 10.2. The molecule has 2 rings (SSSR count). The van der Waals surface area contributed by atoms with Gasteiger partial charge in [0.25, 0.3) is 0 Å². The molecule has 1 heterocycles. The Labute approximate surface area is 108 Å². The fraction of sp³-hybridized carbons (Fsp3) is 0.400. The molecule has 0 radical (unpaired) electrons. The molecule has 2 aromatic rings. The number of benzene rings is 1. The maximum atomic E-state index is 5.59. The van der Waals surface area contributed by atoms with Crippen LogP contribution >= 0.6 is 0 Å². The number of ether oxygens (including phenoxy) is 1. The van der Waals surface area contributed by atoms with Crippen molar-refractivity contribution < 1.29 is 4.74 Å². The molecule has 0 spiro atoms. The topological polar surface area (TPSA) is 34.1 Å². The van der Waals surface area contributed by atoms with Crippen molar-refractivity contribution in [2.45, 2.75) is 20.0 Å². The molecule has 1 aromatic carbocycles. The Morgan fingerprint density at radius 1 is 1.11 bits per heavy atom. The van der Waals surface area contributed by atoms with Crippen LogP contribution in [0.15, 0.2) is 36.4 Å². The van der Waals surface area contributed by atoms with Crippen LogP contribution in [-0.2, 0) is 11.3 Å². The molecule has 0 aliphatic carbocycles. The number of nitrogens with one attached hydrogen (secondary N) is 1. The first-order valence-corrected chi connectivity index (χ1v) is 6.53. The third-order valence-corrected chi connectivity index (χ3v) is 2.76. The highest BCUT2D eigenvalue weighted by Crippen LogP contribution is 2.12. The summed E-state index contributed by atoms with van der Waals surface area (Å²) in [6.07, 6.45) is 1.16. The fourth-order valence-corrected chi connectivity index (χ4v) is 1.81. The van der Waals surface area contributed by atoms with Crippen LogP contribution in [-0.4, -0.2) is 24.7 Å². The smallest absolute Gasteiger partial charge is 0.0888 e. The average molecular weight is 244 g/mol.